The minimum atomic E-state index is -0.373. The van der Waals surface area contributed by atoms with Crippen LogP contribution in [0.5, 0.6) is 0 Å². The monoisotopic (exact) mass is 284 g/mol. The van der Waals surface area contributed by atoms with Crippen LogP contribution in [0.2, 0.25) is 0 Å². The number of benzene rings is 2. The molecule has 2 rings (SSSR count). The number of nitrogens with zero attached hydrogens (tertiary/aromatic N) is 1. The van der Waals surface area contributed by atoms with Crippen molar-refractivity contribution >= 4 is 5.69 Å². The van der Waals surface area contributed by atoms with Gasteiger partial charge in [0.2, 0.25) is 0 Å². The van der Waals surface area contributed by atoms with E-state index in [1.54, 1.807) is 12.1 Å². The largest absolute Gasteiger partial charge is 0.310 e. The predicted molar refractivity (Wildman–Crippen MR) is 84.4 cm³/mol. The zero-order chi connectivity index (χ0) is 15.2. The Labute approximate surface area is 125 Å². The number of non-ortho nitro benzene ring substituents is 1. The molecule has 0 amide bonds. The molecule has 2 aromatic carbocycles. The van der Waals surface area contributed by atoms with Crippen molar-refractivity contribution < 1.29 is 4.92 Å². The molecule has 110 valence electrons. The van der Waals surface area contributed by atoms with Crippen molar-refractivity contribution in [1.29, 1.82) is 0 Å². The first-order chi connectivity index (χ1) is 10.1. The lowest BCUT2D eigenvalue weighted by atomic mass is 10.1. The average molecular weight is 284 g/mol. The molecule has 0 spiro atoms. The Morgan fingerprint density at radius 1 is 1.19 bits per heavy atom. The summed E-state index contributed by atoms with van der Waals surface area (Å²) in [5, 5.41) is 14.1. The number of nitro benzene ring substituents is 1. The van der Waals surface area contributed by atoms with Gasteiger partial charge in [0.25, 0.3) is 5.69 Å². The summed E-state index contributed by atoms with van der Waals surface area (Å²) in [4.78, 5) is 10.2. The molecule has 1 N–H and O–H groups in total. The second-order valence-corrected chi connectivity index (χ2v) is 5.26. The van der Waals surface area contributed by atoms with E-state index < -0.39 is 0 Å². The first-order valence-electron chi connectivity index (χ1n) is 7.09. The number of hydrogen-bond acceptors (Lipinski definition) is 3. The van der Waals surface area contributed by atoms with Gasteiger partial charge in [-0.3, -0.25) is 10.1 Å². The second kappa shape index (κ2) is 6.99. The highest BCUT2D eigenvalue weighted by Crippen LogP contribution is 2.15. The Hall–Kier alpha value is -2.20. The molecule has 1 atom stereocenters. The smallest absolute Gasteiger partial charge is 0.269 e. The van der Waals surface area contributed by atoms with Crippen LogP contribution < -0.4 is 5.32 Å². The van der Waals surface area contributed by atoms with Crippen molar-refractivity contribution in [3.63, 3.8) is 0 Å². The lowest BCUT2D eigenvalue weighted by molar-refractivity contribution is -0.384. The van der Waals surface area contributed by atoms with E-state index in [4.69, 9.17) is 0 Å². The van der Waals surface area contributed by atoms with Crippen LogP contribution in [-0.4, -0.2) is 11.5 Å². The second-order valence-electron chi connectivity index (χ2n) is 5.26. The van der Waals surface area contributed by atoms with E-state index in [-0.39, 0.29) is 10.6 Å². The summed E-state index contributed by atoms with van der Waals surface area (Å²) in [5.41, 5.74) is 3.78. The SMILES string of the molecule is Cc1cccc([C@@H](C)NCCc2ccc([N+](=O)[O-])cc2)c1. The number of nitro groups is 1. The Morgan fingerprint density at radius 3 is 2.52 bits per heavy atom. The topological polar surface area (TPSA) is 55.2 Å². The van der Waals surface area contributed by atoms with Crippen molar-refractivity contribution in [2.75, 3.05) is 6.54 Å². The molecule has 0 aliphatic heterocycles. The maximum atomic E-state index is 10.6. The minimum absolute atomic E-state index is 0.139. The normalized spacial score (nSPS) is 12.1. The molecule has 0 aliphatic carbocycles. The molecule has 0 radical (unpaired) electrons. The summed E-state index contributed by atoms with van der Waals surface area (Å²) in [6, 6.07) is 15.5. The fourth-order valence-corrected chi connectivity index (χ4v) is 2.27. The molecule has 4 heteroatoms. The molecule has 4 nitrogen and oxygen atoms in total. The highest BCUT2D eigenvalue weighted by atomic mass is 16.6. The standard InChI is InChI=1S/C17H20N2O2/c1-13-4-3-5-16(12-13)14(2)18-11-10-15-6-8-17(9-7-15)19(20)21/h3-9,12,14,18H,10-11H2,1-2H3/t14-/m1/s1. The predicted octanol–water partition coefficient (Wildman–Crippen LogP) is 3.80. The maximum absolute atomic E-state index is 10.6. The van der Waals surface area contributed by atoms with Crippen LogP contribution in [0.4, 0.5) is 5.69 Å². The highest BCUT2D eigenvalue weighted by Gasteiger charge is 2.06. The van der Waals surface area contributed by atoms with Crippen molar-refractivity contribution in [2.24, 2.45) is 0 Å². The van der Waals surface area contributed by atoms with Gasteiger partial charge in [0.05, 0.1) is 4.92 Å². The van der Waals surface area contributed by atoms with Crippen LogP contribution in [0, 0.1) is 17.0 Å². The molecule has 0 fully saturated rings. The van der Waals surface area contributed by atoms with Gasteiger partial charge in [-0.25, -0.2) is 0 Å². The van der Waals surface area contributed by atoms with Gasteiger partial charge in [0.15, 0.2) is 0 Å². The van der Waals surface area contributed by atoms with Gasteiger partial charge in [0, 0.05) is 18.2 Å². The van der Waals surface area contributed by atoms with E-state index in [9.17, 15) is 10.1 Å². The summed E-state index contributed by atoms with van der Waals surface area (Å²) in [5.74, 6) is 0. The van der Waals surface area contributed by atoms with Crippen LogP contribution in [0.25, 0.3) is 0 Å². The van der Waals surface area contributed by atoms with Crippen LogP contribution in [0.3, 0.4) is 0 Å². The summed E-state index contributed by atoms with van der Waals surface area (Å²) in [6.07, 6.45) is 0.855. The maximum Gasteiger partial charge on any atom is 0.269 e. The molecular formula is C17H20N2O2. The molecule has 0 unspecified atom stereocenters. The Bertz CT molecular complexity index is 608. The van der Waals surface area contributed by atoms with Gasteiger partial charge in [-0.15, -0.1) is 0 Å². The third-order valence-electron chi connectivity index (χ3n) is 3.55. The van der Waals surface area contributed by atoms with Crippen molar-refractivity contribution in [2.45, 2.75) is 26.3 Å². The van der Waals surface area contributed by atoms with Gasteiger partial charge in [-0.2, -0.15) is 0 Å². The Balaban J connectivity index is 1.85. The van der Waals surface area contributed by atoms with E-state index in [0.717, 1.165) is 18.5 Å². The van der Waals surface area contributed by atoms with Gasteiger partial charge in [0.1, 0.15) is 0 Å². The van der Waals surface area contributed by atoms with E-state index in [1.165, 1.54) is 11.1 Å². The fourth-order valence-electron chi connectivity index (χ4n) is 2.27. The van der Waals surface area contributed by atoms with Crippen LogP contribution >= 0.6 is 0 Å². The molecule has 21 heavy (non-hydrogen) atoms. The number of rotatable bonds is 6. The Kier molecular flexibility index (Phi) is 5.06. The van der Waals surface area contributed by atoms with Crippen molar-refractivity contribution in [3.05, 3.63) is 75.3 Å². The van der Waals surface area contributed by atoms with E-state index in [1.807, 2.05) is 12.1 Å². The summed E-state index contributed by atoms with van der Waals surface area (Å²) < 4.78 is 0. The number of nitrogens with one attached hydrogen (secondary N) is 1. The third kappa shape index (κ3) is 4.39. The number of hydrogen-bond donors (Lipinski definition) is 1. The molecule has 0 bridgehead atoms. The molecule has 2 aromatic rings. The Morgan fingerprint density at radius 2 is 1.90 bits per heavy atom. The van der Waals surface area contributed by atoms with Crippen molar-refractivity contribution in [1.82, 2.24) is 5.32 Å². The zero-order valence-corrected chi connectivity index (χ0v) is 12.4. The van der Waals surface area contributed by atoms with Crippen LogP contribution in [-0.2, 0) is 6.42 Å². The van der Waals surface area contributed by atoms with E-state index >= 15 is 0 Å². The van der Waals surface area contributed by atoms with E-state index in [2.05, 4.69) is 43.4 Å². The molecule has 0 saturated heterocycles. The summed E-state index contributed by atoms with van der Waals surface area (Å²) >= 11 is 0. The lowest BCUT2D eigenvalue weighted by Gasteiger charge is -2.14. The first-order valence-corrected chi connectivity index (χ1v) is 7.09. The van der Waals surface area contributed by atoms with Gasteiger partial charge in [-0.1, -0.05) is 42.0 Å². The minimum Gasteiger partial charge on any atom is -0.310 e. The van der Waals surface area contributed by atoms with Gasteiger partial charge < -0.3 is 5.32 Å². The van der Waals surface area contributed by atoms with Crippen molar-refractivity contribution in [3.8, 4) is 0 Å². The molecule has 0 heterocycles. The van der Waals surface area contributed by atoms with Crippen LogP contribution in [0.1, 0.15) is 29.7 Å². The molecule has 0 saturated carbocycles. The fraction of sp³-hybridized carbons (Fsp3) is 0.294. The lowest BCUT2D eigenvalue weighted by Crippen LogP contribution is -2.21. The van der Waals surface area contributed by atoms with Gasteiger partial charge in [-0.05, 0) is 37.9 Å². The molecule has 0 aromatic heterocycles. The number of aryl methyl sites for hydroxylation is 1. The van der Waals surface area contributed by atoms with Gasteiger partial charge >= 0.3 is 0 Å². The summed E-state index contributed by atoms with van der Waals surface area (Å²) in [7, 11) is 0. The highest BCUT2D eigenvalue weighted by molar-refractivity contribution is 5.33. The molecular weight excluding hydrogens is 264 g/mol. The zero-order valence-electron chi connectivity index (χ0n) is 12.4. The molecule has 0 aliphatic rings. The average Bonchev–Trinajstić information content (AvgIpc) is 2.47. The first kappa shape index (κ1) is 15.2. The van der Waals surface area contributed by atoms with E-state index in [0.29, 0.717) is 6.04 Å². The van der Waals surface area contributed by atoms with Crippen LogP contribution in [0.15, 0.2) is 48.5 Å². The quantitative estimate of drug-likeness (QED) is 0.648. The summed E-state index contributed by atoms with van der Waals surface area (Å²) in [6.45, 7) is 5.07. The third-order valence-corrected chi connectivity index (χ3v) is 3.55.